The number of carbonyl (C=O) groups excluding carboxylic acids is 3. The van der Waals surface area contributed by atoms with Crippen molar-refractivity contribution in [1.82, 2.24) is 10.2 Å². The molecule has 0 bridgehead atoms. The summed E-state index contributed by atoms with van der Waals surface area (Å²) < 4.78 is 0. The van der Waals surface area contributed by atoms with Gasteiger partial charge in [-0.05, 0) is 36.2 Å². The highest BCUT2D eigenvalue weighted by molar-refractivity contribution is 6.20. The Morgan fingerprint density at radius 2 is 1.81 bits per heavy atom. The first-order valence-electron chi connectivity index (χ1n) is 8.76. The van der Waals surface area contributed by atoms with Crippen molar-refractivity contribution in [2.75, 3.05) is 18.5 Å². The van der Waals surface area contributed by atoms with E-state index in [1.165, 1.54) is 4.90 Å². The number of nitrogens with one attached hydrogen (secondary N) is 1. The van der Waals surface area contributed by atoms with E-state index in [1.54, 1.807) is 13.8 Å². The van der Waals surface area contributed by atoms with Gasteiger partial charge in [-0.2, -0.15) is 0 Å². The molecule has 1 atom stereocenters. The molecule has 0 radical (unpaired) electrons. The molecular weight excluding hydrogens is 330 g/mol. The Morgan fingerprint density at radius 1 is 1.08 bits per heavy atom. The minimum absolute atomic E-state index is 0.250. The molecule has 0 unspecified atom stereocenters. The second-order valence-corrected chi connectivity index (χ2v) is 7.43. The predicted molar refractivity (Wildman–Crippen MR) is 98.9 cm³/mol. The van der Waals surface area contributed by atoms with E-state index in [-0.39, 0.29) is 19.0 Å². The molecule has 2 aliphatic rings. The van der Waals surface area contributed by atoms with Gasteiger partial charge in [0.1, 0.15) is 5.41 Å². The number of rotatable bonds is 1. The fourth-order valence-corrected chi connectivity index (χ4v) is 4.18. The molecule has 1 saturated heterocycles. The molecular formula is C20H21N3O3. The monoisotopic (exact) mass is 351 g/mol. The number of amides is 4. The first-order chi connectivity index (χ1) is 12.3. The van der Waals surface area contributed by atoms with Crippen molar-refractivity contribution in [3.63, 3.8) is 0 Å². The number of benzene rings is 2. The predicted octanol–water partition coefficient (Wildman–Crippen LogP) is 2.31. The summed E-state index contributed by atoms with van der Waals surface area (Å²) in [6, 6.07) is 11.1. The highest BCUT2D eigenvalue weighted by atomic mass is 16.2. The molecule has 1 N–H and O–H groups in total. The average molecular weight is 351 g/mol. The van der Waals surface area contributed by atoms with Crippen LogP contribution in [0.5, 0.6) is 0 Å². The normalized spacial score (nSPS) is 23.0. The van der Waals surface area contributed by atoms with Gasteiger partial charge in [0.05, 0.1) is 0 Å². The first kappa shape index (κ1) is 16.6. The number of carbonyl (C=O) groups is 3. The molecule has 4 rings (SSSR count). The van der Waals surface area contributed by atoms with Crippen LogP contribution in [0.4, 0.5) is 10.5 Å². The van der Waals surface area contributed by atoms with Gasteiger partial charge in [0.2, 0.25) is 11.8 Å². The molecule has 2 aromatic rings. The molecule has 4 amide bonds. The van der Waals surface area contributed by atoms with Crippen molar-refractivity contribution in [3.8, 4) is 0 Å². The van der Waals surface area contributed by atoms with Crippen molar-refractivity contribution >= 4 is 34.3 Å². The fourth-order valence-electron chi connectivity index (χ4n) is 4.18. The summed E-state index contributed by atoms with van der Waals surface area (Å²) in [6.07, 6.45) is 0.287. The van der Waals surface area contributed by atoms with Gasteiger partial charge >= 0.3 is 6.03 Å². The molecule has 6 nitrogen and oxygen atoms in total. The number of barbiturate groups is 1. The summed E-state index contributed by atoms with van der Waals surface area (Å²) >= 11 is 0. The zero-order valence-electron chi connectivity index (χ0n) is 15.1. The third-order valence-corrected chi connectivity index (χ3v) is 5.43. The van der Waals surface area contributed by atoms with Crippen LogP contribution in [-0.2, 0) is 16.0 Å². The second-order valence-electron chi connectivity index (χ2n) is 7.43. The van der Waals surface area contributed by atoms with Crippen molar-refractivity contribution in [3.05, 3.63) is 42.0 Å². The minimum atomic E-state index is -1.29. The third kappa shape index (κ3) is 2.14. The van der Waals surface area contributed by atoms with Gasteiger partial charge in [0.15, 0.2) is 0 Å². The van der Waals surface area contributed by atoms with E-state index >= 15 is 0 Å². The van der Waals surface area contributed by atoms with E-state index in [4.69, 9.17) is 0 Å². The van der Waals surface area contributed by atoms with Crippen LogP contribution in [0.25, 0.3) is 10.8 Å². The smallest absolute Gasteiger partial charge is 0.331 e. The van der Waals surface area contributed by atoms with Gasteiger partial charge in [-0.25, -0.2) is 4.79 Å². The Kier molecular flexibility index (Phi) is 3.54. The summed E-state index contributed by atoms with van der Waals surface area (Å²) in [7, 11) is 1.88. The molecule has 1 spiro atoms. The Morgan fingerprint density at radius 3 is 2.54 bits per heavy atom. The molecule has 0 aliphatic carbocycles. The molecule has 6 heteroatoms. The maximum atomic E-state index is 13.3. The number of nitrogens with zero attached hydrogens (tertiary/aromatic N) is 2. The topological polar surface area (TPSA) is 69.7 Å². The van der Waals surface area contributed by atoms with Crippen LogP contribution >= 0.6 is 0 Å². The molecule has 0 aromatic heterocycles. The van der Waals surface area contributed by atoms with E-state index in [1.807, 2.05) is 42.3 Å². The van der Waals surface area contributed by atoms with Crippen molar-refractivity contribution in [2.45, 2.75) is 26.3 Å². The van der Waals surface area contributed by atoms with Gasteiger partial charge in [0.25, 0.3) is 0 Å². The molecule has 134 valence electrons. The summed E-state index contributed by atoms with van der Waals surface area (Å²) in [5, 5.41) is 4.50. The van der Waals surface area contributed by atoms with Gasteiger partial charge in [-0.15, -0.1) is 0 Å². The highest BCUT2D eigenvalue weighted by Gasteiger charge is 2.56. The minimum Gasteiger partial charge on any atom is -0.373 e. The Hall–Kier alpha value is -2.89. The van der Waals surface area contributed by atoms with E-state index in [0.29, 0.717) is 0 Å². The van der Waals surface area contributed by atoms with E-state index in [9.17, 15) is 14.4 Å². The van der Waals surface area contributed by atoms with Crippen LogP contribution in [0.1, 0.15) is 19.4 Å². The van der Waals surface area contributed by atoms with Gasteiger partial charge in [-0.1, -0.05) is 30.3 Å². The number of fused-ring (bicyclic) bond motifs is 3. The summed E-state index contributed by atoms with van der Waals surface area (Å²) in [4.78, 5) is 41.4. The second kappa shape index (κ2) is 5.56. The molecule has 26 heavy (non-hydrogen) atoms. The lowest BCUT2D eigenvalue weighted by Gasteiger charge is -2.46. The number of urea groups is 1. The van der Waals surface area contributed by atoms with Crippen LogP contribution in [0.3, 0.4) is 0 Å². The number of hydrogen-bond acceptors (Lipinski definition) is 4. The Labute approximate surface area is 151 Å². The van der Waals surface area contributed by atoms with E-state index < -0.39 is 23.3 Å². The third-order valence-electron chi connectivity index (χ3n) is 5.43. The fraction of sp³-hybridized carbons (Fsp3) is 0.350. The van der Waals surface area contributed by atoms with Crippen molar-refractivity contribution in [2.24, 2.45) is 5.41 Å². The Bertz CT molecular complexity index is 952. The maximum absolute atomic E-state index is 13.3. The summed E-state index contributed by atoms with van der Waals surface area (Å²) in [5.74, 6) is -0.915. The van der Waals surface area contributed by atoms with Crippen molar-refractivity contribution < 1.29 is 14.4 Å². The van der Waals surface area contributed by atoms with Gasteiger partial charge in [-0.3, -0.25) is 19.8 Å². The van der Waals surface area contributed by atoms with E-state index in [0.717, 1.165) is 22.0 Å². The first-order valence-corrected chi connectivity index (χ1v) is 8.76. The van der Waals surface area contributed by atoms with Gasteiger partial charge < -0.3 is 4.90 Å². The Balaban J connectivity index is 1.89. The van der Waals surface area contributed by atoms with Crippen LogP contribution in [-0.4, -0.2) is 42.4 Å². The zero-order chi connectivity index (χ0) is 18.6. The van der Waals surface area contributed by atoms with Crippen LogP contribution in [0.2, 0.25) is 0 Å². The molecule has 2 aliphatic heterocycles. The molecule has 1 fully saturated rings. The van der Waals surface area contributed by atoms with Crippen LogP contribution in [0.15, 0.2) is 36.4 Å². The summed E-state index contributed by atoms with van der Waals surface area (Å²) in [6.45, 7) is 3.80. The highest BCUT2D eigenvalue weighted by Crippen LogP contribution is 2.42. The zero-order valence-corrected chi connectivity index (χ0v) is 15.1. The van der Waals surface area contributed by atoms with Crippen LogP contribution in [0, 0.1) is 5.41 Å². The summed E-state index contributed by atoms with van der Waals surface area (Å²) in [5.41, 5.74) is 0.700. The maximum Gasteiger partial charge on any atom is 0.331 e. The standard InChI is InChI=1S/C20H21N3O3/c1-12(2)23-18(25)20(17(24)21-19(23)26)10-15-14-7-5-4-6-13(14)8-9-16(15)22(3)11-20/h4-9,12H,10-11H2,1-3H3,(H,21,24,26)/t20-/m0/s1. The quantitative estimate of drug-likeness (QED) is 0.801. The van der Waals surface area contributed by atoms with E-state index in [2.05, 4.69) is 11.4 Å². The lowest BCUT2D eigenvalue weighted by Crippen LogP contribution is -2.69. The molecule has 2 heterocycles. The molecule has 2 aromatic carbocycles. The number of anilines is 1. The SMILES string of the molecule is CC(C)N1C(=O)NC(=O)[C@@]2(Cc3c(ccc4ccccc34)N(C)C2)C1=O. The number of imide groups is 2. The largest absolute Gasteiger partial charge is 0.373 e. The van der Waals surface area contributed by atoms with Gasteiger partial charge in [0, 0.05) is 31.7 Å². The van der Waals surface area contributed by atoms with Crippen molar-refractivity contribution in [1.29, 1.82) is 0 Å². The molecule has 0 saturated carbocycles. The number of hydrogen-bond donors (Lipinski definition) is 1. The lowest BCUT2D eigenvalue weighted by molar-refractivity contribution is -0.152. The average Bonchev–Trinajstić information content (AvgIpc) is 2.59. The lowest BCUT2D eigenvalue weighted by atomic mass is 9.73. The van der Waals surface area contributed by atoms with Crippen LogP contribution < -0.4 is 10.2 Å².